The molecule has 0 unspecified atom stereocenters. The molecule has 0 aromatic carbocycles. The highest BCUT2D eigenvalue weighted by Crippen LogP contribution is 2.30. The number of piperidine rings is 1. The third kappa shape index (κ3) is 4.70. The van der Waals surface area contributed by atoms with E-state index in [9.17, 15) is 21.6 Å². The number of H-pyrrole nitrogens is 1. The Morgan fingerprint density at radius 1 is 1.48 bits per heavy atom. The number of nitrogens with one attached hydrogen (secondary N) is 1. The fourth-order valence-corrected chi connectivity index (χ4v) is 3.05. The van der Waals surface area contributed by atoms with Crippen LogP contribution in [0.5, 0.6) is 0 Å². The molecule has 0 amide bonds. The van der Waals surface area contributed by atoms with Crippen LogP contribution in [0, 0.1) is 0 Å². The van der Waals surface area contributed by atoms with Crippen molar-refractivity contribution in [1.29, 1.82) is 0 Å². The average Bonchev–Trinajstić information content (AvgIpc) is 2.85. The molecule has 0 spiro atoms. The van der Waals surface area contributed by atoms with Gasteiger partial charge in [-0.1, -0.05) is 0 Å². The second kappa shape index (κ2) is 5.96. The summed E-state index contributed by atoms with van der Waals surface area (Å²) in [5, 5.41) is 0. The summed E-state index contributed by atoms with van der Waals surface area (Å²) in [6.07, 6.45) is -0.867. The van der Waals surface area contributed by atoms with Crippen LogP contribution in [0.4, 0.5) is 13.2 Å². The molecule has 0 aliphatic carbocycles. The topological polar surface area (TPSA) is 66.1 Å². The summed E-state index contributed by atoms with van der Waals surface area (Å²) in [7, 11) is -3.03. The van der Waals surface area contributed by atoms with Crippen LogP contribution in [-0.2, 0) is 16.0 Å². The normalized spacial score (nSPS) is 21.6. The molecule has 5 nitrogen and oxygen atoms in total. The van der Waals surface area contributed by atoms with Crippen LogP contribution in [0.25, 0.3) is 0 Å². The number of halogens is 3. The first-order valence-electron chi connectivity index (χ1n) is 6.67. The predicted octanol–water partition coefficient (Wildman–Crippen LogP) is 1.65. The molecule has 1 aromatic heterocycles. The number of aromatic nitrogens is 2. The summed E-state index contributed by atoms with van der Waals surface area (Å²) in [5.41, 5.74) is -0.842. The fourth-order valence-electron chi connectivity index (χ4n) is 2.46. The van der Waals surface area contributed by atoms with E-state index in [4.69, 9.17) is 0 Å². The summed E-state index contributed by atoms with van der Waals surface area (Å²) in [6.45, 7) is 1.70. The number of alkyl halides is 3. The maximum atomic E-state index is 12.5. The fraction of sp³-hybridized carbons (Fsp3) is 0.750. The number of likely N-dealkylation sites (tertiary alicyclic amines) is 1. The summed E-state index contributed by atoms with van der Waals surface area (Å²) in [6, 6.07) is 0. The van der Waals surface area contributed by atoms with Gasteiger partial charge in [-0.05, 0) is 19.4 Å². The predicted molar refractivity (Wildman–Crippen MR) is 71.7 cm³/mol. The highest BCUT2D eigenvalue weighted by molar-refractivity contribution is 7.90. The Labute approximate surface area is 121 Å². The number of imidazole rings is 1. The second-order valence-corrected chi connectivity index (χ2v) is 7.71. The van der Waals surface area contributed by atoms with Crippen LogP contribution in [-0.4, -0.2) is 54.9 Å². The van der Waals surface area contributed by atoms with Gasteiger partial charge in [0.05, 0.1) is 11.9 Å². The van der Waals surface area contributed by atoms with Gasteiger partial charge in [-0.3, -0.25) is 0 Å². The van der Waals surface area contributed by atoms with Crippen LogP contribution in [0.15, 0.2) is 6.20 Å². The molecular weight excluding hydrogens is 307 g/mol. The van der Waals surface area contributed by atoms with Crippen LogP contribution in [0.1, 0.15) is 30.3 Å². The minimum absolute atomic E-state index is 0.0612. The molecule has 1 atom stereocenters. The van der Waals surface area contributed by atoms with Crippen molar-refractivity contribution in [1.82, 2.24) is 14.9 Å². The number of sulfone groups is 1. The molecule has 2 heterocycles. The van der Waals surface area contributed by atoms with Crippen molar-refractivity contribution in [2.24, 2.45) is 0 Å². The molecule has 1 aromatic rings. The van der Waals surface area contributed by atoms with E-state index in [1.807, 2.05) is 4.90 Å². The molecule has 2 rings (SSSR count). The van der Waals surface area contributed by atoms with Gasteiger partial charge in [-0.25, -0.2) is 13.4 Å². The number of hydrogen-bond acceptors (Lipinski definition) is 4. The van der Waals surface area contributed by atoms with Gasteiger partial charge in [-0.2, -0.15) is 13.2 Å². The average molecular weight is 325 g/mol. The molecule has 0 saturated carbocycles. The molecule has 1 aliphatic heterocycles. The van der Waals surface area contributed by atoms with Crippen molar-refractivity contribution < 1.29 is 21.6 Å². The van der Waals surface area contributed by atoms with Gasteiger partial charge in [0, 0.05) is 25.3 Å². The zero-order chi connectivity index (χ0) is 15.7. The van der Waals surface area contributed by atoms with Crippen LogP contribution in [0.2, 0.25) is 0 Å². The summed E-state index contributed by atoms with van der Waals surface area (Å²) < 4.78 is 60.0. The summed E-state index contributed by atoms with van der Waals surface area (Å²) >= 11 is 0. The Hall–Kier alpha value is -1.09. The Morgan fingerprint density at radius 2 is 2.19 bits per heavy atom. The Morgan fingerprint density at radius 3 is 2.76 bits per heavy atom. The van der Waals surface area contributed by atoms with Crippen molar-refractivity contribution in [3.8, 4) is 0 Å². The smallest absolute Gasteiger partial charge is 0.338 e. The number of nitrogens with zero attached hydrogens (tertiary/aromatic N) is 2. The minimum atomic E-state index is -4.42. The molecule has 1 aliphatic rings. The Balaban J connectivity index is 1.99. The SMILES string of the molecule is CS(=O)(=O)CCN1CCC[C@@H](c2ncc(C(F)(F)F)[nH]2)C1. The zero-order valence-electron chi connectivity index (χ0n) is 11.7. The summed E-state index contributed by atoms with van der Waals surface area (Å²) in [4.78, 5) is 8.13. The molecule has 1 saturated heterocycles. The van der Waals surface area contributed by atoms with Crippen molar-refractivity contribution >= 4 is 9.84 Å². The van der Waals surface area contributed by atoms with Crippen molar-refractivity contribution in [2.75, 3.05) is 31.6 Å². The maximum Gasteiger partial charge on any atom is 0.432 e. The van der Waals surface area contributed by atoms with Gasteiger partial charge in [0.25, 0.3) is 0 Å². The lowest BCUT2D eigenvalue weighted by Gasteiger charge is -2.31. The standard InChI is InChI=1S/C12H18F3N3O2S/c1-21(19,20)6-5-18-4-2-3-9(8-18)11-16-7-10(17-11)12(13,14)15/h7,9H,2-6,8H2,1H3,(H,16,17)/t9-/m1/s1. The molecule has 1 N–H and O–H groups in total. The van der Waals surface area contributed by atoms with Crippen LogP contribution < -0.4 is 0 Å². The van der Waals surface area contributed by atoms with E-state index in [0.29, 0.717) is 18.9 Å². The lowest BCUT2D eigenvalue weighted by molar-refractivity contribution is -0.141. The third-order valence-corrected chi connectivity index (χ3v) is 4.50. The second-order valence-electron chi connectivity index (χ2n) is 5.45. The van der Waals surface area contributed by atoms with E-state index in [1.165, 1.54) is 6.26 Å². The molecule has 1 fully saturated rings. The van der Waals surface area contributed by atoms with E-state index in [-0.39, 0.29) is 11.7 Å². The first-order chi connectivity index (χ1) is 9.65. The van der Waals surface area contributed by atoms with E-state index < -0.39 is 21.7 Å². The lowest BCUT2D eigenvalue weighted by atomic mass is 9.97. The van der Waals surface area contributed by atoms with Crippen molar-refractivity contribution in [3.05, 3.63) is 17.7 Å². The number of hydrogen-bond donors (Lipinski definition) is 1. The first kappa shape index (κ1) is 16.3. The van der Waals surface area contributed by atoms with Gasteiger partial charge < -0.3 is 9.88 Å². The van der Waals surface area contributed by atoms with Gasteiger partial charge in [-0.15, -0.1) is 0 Å². The Bertz CT molecular complexity index is 583. The number of rotatable bonds is 4. The Kier molecular flexibility index (Phi) is 4.62. The molecular formula is C12H18F3N3O2S. The highest BCUT2D eigenvalue weighted by atomic mass is 32.2. The first-order valence-corrected chi connectivity index (χ1v) is 8.73. The lowest BCUT2D eigenvalue weighted by Crippen LogP contribution is -2.37. The molecule has 9 heteroatoms. The van der Waals surface area contributed by atoms with Gasteiger partial charge in [0.1, 0.15) is 21.4 Å². The number of aromatic amines is 1. The highest BCUT2D eigenvalue weighted by Gasteiger charge is 2.34. The van der Waals surface area contributed by atoms with E-state index in [2.05, 4.69) is 9.97 Å². The molecule has 120 valence electrons. The third-order valence-electron chi connectivity index (χ3n) is 3.57. The minimum Gasteiger partial charge on any atom is -0.338 e. The van der Waals surface area contributed by atoms with Crippen molar-refractivity contribution in [2.45, 2.75) is 24.9 Å². The maximum absolute atomic E-state index is 12.5. The monoisotopic (exact) mass is 325 g/mol. The van der Waals surface area contributed by atoms with E-state index >= 15 is 0 Å². The van der Waals surface area contributed by atoms with Gasteiger partial charge >= 0.3 is 6.18 Å². The van der Waals surface area contributed by atoms with Crippen LogP contribution >= 0.6 is 0 Å². The quantitative estimate of drug-likeness (QED) is 0.914. The van der Waals surface area contributed by atoms with E-state index in [1.54, 1.807) is 0 Å². The summed E-state index contributed by atoms with van der Waals surface area (Å²) in [5.74, 6) is 0.270. The van der Waals surface area contributed by atoms with Gasteiger partial charge in [0.2, 0.25) is 0 Å². The largest absolute Gasteiger partial charge is 0.432 e. The van der Waals surface area contributed by atoms with E-state index in [0.717, 1.165) is 25.6 Å². The van der Waals surface area contributed by atoms with Crippen LogP contribution in [0.3, 0.4) is 0 Å². The molecule has 0 radical (unpaired) electrons. The van der Waals surface area contributed by atoms with Crippen molar-refractivity contribution in [3.63, 3.8) is 0 Å². The zero-order valence-corrected chi connectivity index (χ0v) is 12.5. The van der Waals surface area contributed by atoms with Gasteiger partial charge in [0.15, 0.2) is 0 Å². The molecule has 0 bridgehead atoms. The molecule has 21 heavy (non-hydrogen) atoms.